The molecule has 8 nitrogen and oxygen atoms in total. The van der Waals surface area contributed by atoms with Crippen LogP contribution in [0.4, 0.5) is 0 Å². The molecule has 220 valence electrons. The third-order valence-corrected chi connectivity index (χ3v) is 10.5. The monoisotopic (exact) mass is 554 g/mol. The third-order valence-electron chi connectivity index (χ3n) is 10.5. The van der Waals surface area contributed by atoms with Crippen molar-refractivity contribution in [2.75, 3.05) is 20.8 Å². The van der Waals surface area contributed by atoms with Gasteiger partial charge in [-0.25, -0.2) is 0 Å². The van der Waals surface area contributed by atoms with Gasteiger partial charge in [0, 0.05) is 12.6 Å². The summed E-state index contributed by atoms with van der Waals surface area (Å²) in [5.41, 5.74) is 0.982. The summed E-state index contributed by atoms with van der Waals surface area (Å²) in [5.74, 6) is 1.28. The number of hydrogen-bond donors (Lipinski definition) is 2. The average Bonchev–Trinajstić information content (AvgIpc) is 3.53. The first-order chi connectivity index (χ1) is 19.1. The minimum Gasteiger partial charge on any atom is -0.496 e. The fourth-order valence-corrected chi connectivity index (χ4v) is 7.72. The van der Waals surface area contributed by atoms with Crippen LogP contribution in [0.15, 0.2) is 12.1 Å². The lowest BCUT2D eigenvalue weighted by Gasteiger charge is -2.39. The Labute approximate surface area is 238 Å². The molecule has 8 heteroatoms. The van der Waals surface area contributed by atoms with E-state index < -0.39 is 5.41 Å². The van der Waals surface area contributed by atoms with E-state index in [2.05, 4.69) is 17.6 Å². The van der Waals surface area contributed by atoms with Gasteiger partial charge in [0.25, 0.3) is 5.91 Å². The molecule has 0 aromatic heterocycles. The van der Waals surface area contributed by atoms with Crippen molar-refractivity contribution in [3.63, 3.8) is 0 Å². The van der Waals surface area contributed by atoms with Gasteiger partial charge in [-0.1, -0.05) is 13.3 Å². The normalized spacial score (nSPS) is 32.1. The number of methoxy groups -OCH3 is 2. The van der Waals surface area contributed by atoms with Crippen LogP contribution in [0.1, 0.15) is 94.0 Å². The number of carbonyl (C=O) groups is 3. The molecular formula is C32H46N2O6. The maximum absolute atomic E-state index is 13.8. The quantitative estimate of drug-likeness (QED) is 0.419. The molecule has 2 bridgehead atoms. The van der Waals surface area contributed by atoms with Crippen LogP contribution in [0, 0.1) is 35.5 Å². The minimum absolute atomic E-state index is 0.0439. The van der Waals surface area contributed by atoms with Crippen molar-refractivity contribution in [2.24, 2.45) is 28.6 Å². The van der Waals surface area contributed by atoms with Gasteiger partial charge >= 0.3 is 5.97 Å². The molecule has 5 rings (SSSR count). The Morgan fingerprint density at radius 3 is 2.30 bits per heavy atom. The molecule has 4 saturated carbocycles. The van der Waals surface area contributed by atoms with Crippen molar-refractivity contribution >= 4 is 17.8 Å². The first-order valence-corrected chi connectivity index (χ1v) is 15.1. The van der Waals surface area contributed by atoms with E-state index in [0.29, 0.717) is 48.3 Å². The smallest absolute Gasteiger partial charge is 0.311 e. The van der Waals surface area contributed by atoms with Gasteiger partial charge in [-0.2, -0.15) is 0 Å². The highest BCUT2D eigenvalue weighted by Crippen LogP contribution is 2.49. The van der Waals surface area contributed by atoms with E-state index in [1.54, 1.807) is 13.2 Å². The number of benzene rings is 1. The first-order valence-electron chi connectivity index (χ1n) is 15.1. The van der Waals surface area contributed by atoms with Crippen LogP contribution >= 0.6 is 0 Å². The predicted molar refractivity (Wildman–Crippen MR) is 151 cm³/mol. The Morgan fingerprint density at radius 2 is 1.68 bits per heavy atom. The van der Waals surface area contributed by atoms with Gasteiger partial charge in [-0.3, -0.25) is 14.4 Å². The number of aryl methyl sites for hydroxylation is 1. The standard InChI is InChI=1S/C32H46N2O6/c1-19-15-23(40-22-9-13-32(3,14-10-22)30(37)39-5)17-24(27(19)38-4)28(35)34-26-21-8-7-20(16-21)25(26)29(36)33-18-31(2)11-6-12-31/h15,17,20-22,25-26H,6-14,16,18H2,1-5H3,(H,33,36)(H,34,35)/t20-,21+,22?,25+,26-,32?/m1/s1. The van der Waals surface area contributed by atoms with Gasteiger partial charge in [-0.05, 0) is 107 Å². The molecule has 4 atom stereocenters. The summed E-state index contributed by atoms with van der Waals surface area (Å²) in [6.07, 6.45) is 9.45. The number of fused-ring (bicyclic) bond motifs is 2. The minimum atomic E-state index is -0.478. The lowest BCUT2D eigenvalue weighted by Crippen LogP contribution is -2.51. The van der Waals surface area contributed by atoms with Crippen LogP contribution in [-0.4, -0.2) is 50.7 Å². The van der Waals surface area contributed by atoms with Crippen LogP contribution in [0.5, 0.6) is 11.5 Å². The van der Waals surface area contributed by atoms with Crippen LogP contribution in [0.2, 0.25) is 0 Å². The Kier molecular flexibility index (Phi) is 8.08. The number of carbonyl (C=O) groups excluding carboxylic acids is 3. The van der Waals surface area contributed by atoms with E-state index in [-0.39, 0.29) is 41.3 Å². The van der Waals surface area contributed by atoms with Gasteiger partial charge in [0.1, 0.15) is 11.5 Å². The summed E-state index contributed by atoms with van der Waals surface area (Å²) in [7, 11) is 3.01. The second-order valence-corrected chi connectivity index (χ2v) is 13.4. The van der Waals surface area contributed by atoms with Crippen molar-refractivity contribution in [1.29, 1.82) is 0 Å². The van der Waals surface area contributed by atoms with Crippen LogP contribution in [0.3, 0.4) is 0 Å². The van der Waals surface area contributed by atoms with E-state index in [0.717, 1.165) is 50.5 Å². The van der Waals surface area contributed by atoms with E-state index in [9.17, 15) is 14.4 Å². The largest absolute Gasteiger partial charge is 0.496 e. The molecule has 0 spiro atoms. The van der Waals surface area contributed by atoms with Gasteiger partial charge in [0.2, 0.25) is 5.91 Å². The van der Waals surface area contributed by atoms with Crippen molar-refractivity contribution in [1.82, 2.24) is 10.6 Å². The van der Waals surface area contributed by atoms with E-state index in [1.165, 1.54) is 13.5 Å². The van der Waals surface area contributed by atoms with E-state index >= 15 is 0 Å². The van der Waals surface area contributed by atoms with Crippen molar-refractivity contribution in [2.45, 2.75) is 97.1 Å². The van der Waals surface area contributed by atoms with Crippen molar-refractivity contribution in [3.05, 3.63) is 23.3 Å². The lowest BCUT2D eigenvalue weighted by atomic mass is 9.70. The number of nitrogens with one attached hydrogen (secondary N) is 2. The Balaban J connectivity index is 1.28. The molecule has 0 saturated heterocycles. The van der Waals surface area contributed by atoms with Gasteiger partial charge in [-0.15, -0.1) is 0 Å². The summed E-state index contributed by atoms with van der Waals surface area (Å²) >= 11 is 0. The molecule has 4 aliphatic carbocycles. The SMILES string of the molecule is COC(=O)C1(C)CCC(Oc2cc(C)c(OC)c(C(=O)N[C@@H]3[C@H]4CC[C@H](C4)[C@@H]3C(=O)NCC3(C)CCC3)c2)CC1. The Bertz CT molecular complexity index is 1140. The third kappa shape index (κ3) is 5.55. The molecule has 2 amide bonds. The number of hydrogen-bond acceptors (Lipinski definition) is 6. The van der Waals surface area contributed by atoms with Crippen LogP contribution in [0.25, 0.3) is 0 Å². The van der Waals surface area contributed by atoms with Gasteiger partial charge < -0.3 is 24.8 Å². The van der Waals surface area contributed by atoms with Crippen LogP contribution in [-0.2, 0) is 14.3 Å². The molecule has 4 aliphatic rings. The number of ether oxygens (including phenoxy) is 3. The highest BCUT2D eigenvalue weighted by atomic mass is 16.5. The number of rotatable bonds is 9. The van der Waals surface area contributed by atoms with Crippen molar-refractivity contribution < 1.29 is 28.6 Å². The van der Waals surface area contributed by atoms with Gasteiger partial charge in [0.05, 0.1) is 37.2 Å². The molecule has 4 fully saturated rings. The molecule has 0 heterocycles. The summed E-state index contributed by atoms with van der Waals surface area (Å²) in [5, 5.41) is 6.49. The molecule has 0 unspecified atom stereocenters. The van der Waals surface area contributed by atoms with E-state index in [1.807, 2.05) is 19.9 Å². The zero-order valence-corrected chi connectivity index (χ0v) is 24.8. The average molecular weight is 555 g/mol. The topological polar surface area (TPSA) is 103 Å². The Morgan fingerprint density at radius 1 is 0.975 bits per heavy atom. The predicted octanol–water partition coefficient (Wildman–Crippen LogP) is 4.96. The Hall–Kier alpha value is -2.77. The molecule has 40 heavy (non-hydrogen) atoms. The summed E-state index contributed by atoms with van der Waals surface area (Å²) < 4.78 is 17.0. The summed E-state index contributed by atoms with van der Waals surface area (Å²) in [6, 6.07) is 3.48. The number of amides is 2. The molecular weight excluding hydrogens is 508 g/mol. The van der Waals surface area contributed by atoms with Gasteiger partial charge in [0.15, 0.2) is 0 Å². The molecule has 1 aromatic carbocycles. The molecule has 1 aromatic rings. The van der Waals surface area contributed by atoms with Crippen molar-refractivity contribution in [3.8, 4) is 11.5 Å². The molecule has 0 aliphatic heterocycles. The second kappa shape index (κ2) is 11.2. The zero-order valence-electron chi connectivity index (χ0n) is 24.8. The molecule has 0 radical (unpaired) electrons. The zero-order chi connectivity index (χ0) is 28.7. The maximum atomic E-state index is 13.8. The maximum Gasteiger partial charge on any atom is 0.311 e. The lowest BCUT2D eigenvalue weighted by molar-refractivity contribution is -0.154. The first kappa shape index (κ1) is 28.7. The summed E-state index contributed by atoms with van der Waals surface area (Å²) in [4.78, 5) is 39.3. The molecule has 2 N–H and O–H groups in total. The number of esters is 1. The fraction of sp³-hybridized carbons (Fsp3) is 0.719. The second-order valence-electron chi connectivity index (χ2n) is 13.4. The highest BCUT2D eigenvalue weighted by molar-refractivity contribution is 5.98. The van der Waals surface area contributed by atoms with E-state index in [4.69, 9.17) is 14.2 Å². The van der Waals surface area contributed by atoms with Crippen LogP contribution < -0.4 is 20.1 Å². The summed E-state index contributed by atoms with van der Waals surface area (Å²) in [6.45, 7) is 6.82. The highest BCUT2D eigenvalue weighted by Gasteiger charge is 2.51. The fourth-order valence-electron chi connectivity index (χ4n) is 7.72.